The van der Waals surface area contributed by atoms with E-state index in [1.807, 2.05) is 0 Å². The second-order valence-electron chi connectivity index (χ2n) is 4.25. The summed E-state index contributed by atoms with van der Waals surface area (Å²) in [4.78, 5) is 33.5. The number of carboxylic acids is 2. The number of carbonyl (C=O) groups excluding carboxylic acids is 1. The molecule has 0 aliphatic heterocycles. The molecule has 0 aliphatic carbocycles. The molecular weight excluding hydrogens is 283 g/mol. The number of nitrogens with zero attached hydrogens (tertiary/aromatic N) is 1. The van der Waals surface area contributed by atoms with Crippen LogP contribution in [0.5, 0.6) is 0 Å². The van der Waals surface area contributed by atoms with Crippen LogP contribution in [0.1, 0.15) is 5.56 Å². The molecular formula is C13H15FN2O5. The SMILES string of the molecule is O=C(O)CN(CC(=O)O)C(=O)NCCc1ccc(F)cc1. The van der Waals surface area contributed by atoms with Gasteiger partial charge in [0.25, 0.3) is 0 Å². The van der Waals surface area contributed by atoms with Crippen molar-refractivity contribution in [1.29, 1.82) is 0 Å². The van der Waals surface area contributed by atoms with Crippen molar-refractivity contribution in [3.05, 3.63) is 35.6 Å². The molecule has 0 saturated carbocycles. The maximum absolute atomic E-state index is 12.7. The van der Waals surface area contributed by atoms with E-state index in [9.17, 15) is 18.8 Å². The Kier molecular flexibility index (Phi) is 6.12. The third-order valence-electron chi connectivity index (χ3n) is 2.54. The summed E-state index contributed by atoms with van der Waals surface area (Å²) in [6, 6.07) is 4.93. The Morgan fingerprint density at radius 1 is 1.05 bits per heavy atom. The Bertz CT molecular complexity index is 502. The summed E-state index contributed by atoms with van der Waals surface area (Å²) in [6.45, 7) is -1.22. The summed E-state index contributed by atoms with van der Waals surface area (Å²) in [6.07, 6.45) is 0.417. The van der Waals surface area contributed by atoms with Crippen LogP contribution in [-0.2, 0) is 16.0 Å². The van der Waals surface area contributed by atoms with Gasteiger partial charge in [-0.25, -0.2) is 9.18 Å². The lowest BCUT2D eigenvalue weighted by molar-refractivity contribution is -0.140. The first-order valence-corrected chi connectivity index (χ1v) is 6.09. The molecule has 114 valence electrons. The number of carbonyl (C=O) groups is 3. The highest BCUT2D eigenvalue weighted by Crippen LogP contribution is 2.02. The van der Waals surface area contributed by atoms with Gasteiger partial charge >= 0.3 is 18.0 Å². The minimum atomic E-state index is -1.30. The van der Waals surface area contributed by atoms with Crippen LogP contribution in [0, 0.1) is 5.82 Å². The van der Waals surface area contributed by atoms with E-state index in [1.165, 1.54) is 12.1 Å². The maximum Gasteiger partial charge on any atom is 0.323 e. The van der Waals surface area contributed by atoms with Gasteiger partial charge in [0, 0.05) is 6.54 Å². The van der Waals surface area contributed by atoms with Crippen molar-refractivity contribution in [2.45, 2.75) is 6.42 Å². The Hall–Kier alpha value is -2.64. The molecule has 0 radical (unpaired) electrons. The second-order valence-corrected chi connectivity index (χ2v) is 4.25. The standard InChI is InChI=1S/C13H15FN2O5/c14-10-3-1-9(2-4-10)5-6-15-13(21)16(7-11(17)18)8-12(19)20/h1-4H,5-8H2,(H,15,21)(H,17,18)(H,19,20). The molecule has 0 atom stereocenters. The van der Waals surface area contributed by atoms with Gasteiger partial charge in [-0.3, -0.25) is 9.59 Å². The second kappa shape index (κ2) is 7.83. The number of benzene rings is 1. The Morgan fingerprint density at radius 3 is 2.05 bits per heavy atom. The third kappa shape index (κ3) is 6.37. The first kappa shape index (κ1) is 16.4. The van der Waals surface area contributed by atoms with Crippen LogP contribution >= 0.6 is 0 Å². The predicted octanol–water partition coefficient (Wildman–Crippen LogP) is 0.549. The lowest BCUT2D eigenvalue weighted by Crippen LogP contribution is -2.45. The summed E-state index contributed by atoms with van der Waals surface area (Å²) >= 11 is 0. The highest BCUT2D eigenvalue weighted by Gasteiger charge is 2.18. The molecule has 0 aromatic heterocycles. The number of hydrogen-bond acceptors (Lipinski definition) is 3. The van der Waals surface area contributed by atoms with Crippen molar-refractivity contribution in [2.75, 3.05) is 19.6 Å². The highest BCUT2D eigenvalue weighted by atomic mass is 19.1. The van der Waals surface area contributed by atoms with Crippen LogP contribution in [-0.4, -0.2) is 52.7 Å². The lowest BCUT2D eigenvalue weighted by Gasteiger charge is -2.19. The zero-order valence-corrected chi connectivity index (χ0v) is 11.1. The average Bonchev–Trinajstić information content (AvgIpc) is 2.39. The zero-order chi connectivity index (χ0) is 15.8. The topological polar surface area (TPSA) is 107 Å². The minimum absolute atomic E-state index is 0.181. The number of carboxylic acid groups (broad SMARTS) is 2. The molecule has 0 unspecified atom stereocenters. The molecule has 0 aliphatic rings. The van der Waals surface area contributed by atoms with E-state index in [0.29, 0.717) is 11.3 Å². The number of hydrogen-bond donors (Lipinski definition) is 3. The van der Waals surface area contributed by atoms with Gasteiger partial charge < -0.3 is 20.4 Å². The number of halogens is 1. The highest BCUT2D eigenvalue weighted by molar-refractivity contribution is 5.84. The van der Waals surface area contributed by atoms with Crippen molar-refractivity contribution in [2.24, 2.45) is 0 Å². The fourth-order valence-corrected chi connectivity index (χ4v) is 1.60. The van der Waals surface area contributed by atoms with Crippen LogP contribution in [0.15, 0.2) is 24.3 Å². The first-order chi connectivity index (χ1) is 9.88. The Labute approximate surface area is 120 Å². The molecule has 0 heterocycles. The fraction of sp³-hybridized carbons (Fsp3) is 0.308. The number of rotatable bonds is 7. The van der Waals surface area contributed by atoms with Gasteiger partial charge in [-0.2, -0.15) is 0 Å². The molecule has 21 heavy (non-hydrogen) atoms. The van der Waals surface area contributed by atoms with E-state index in [4.69, 9.17) is 10.2 Å². The van der Waals surface area contributed by atoms with E-state index in [1.54, 1.807) is 12.1 Å². The van der Waals surface area contributed by atoms with Gasteiger partial charge in [-0.15, -0.1) is 0 Å². The molecule has 3 N–H and O–H groups in total. The summed E-state index contributed by atoms with van der Waals surface area (Å²) in [5, 5.41) is 19.7. The van der Waals surface area contributed by atoms with Gasteiger partial charge in [0.15, 0.2) is 0 Å². The Balaban J connectivity index is 2.47. The molecule has 0 bridgehead atoms. The molecule has 1 rings (SSSR count). The molecule has 0 fully saturated rings. The molecule has 2 amide bonds. The quantitative estimate of drug-likeness (QED) is 0.681. The molecule has 1 aromatic rings. The molecule has 1 aromatic carbocycles. The molecule has 0 saturated heterocycles. The van der Waals surface area contributed by atoms with E-state index < -0.39 is 31.1 Å². The van der Waals surface area contributed by atoms with Crippen molar-refractivity contribution in [3.8, 4) is 0 Å². The van der Waals surface area contributed by atoms with Crippen molar-refractivity contribution >= 4 is 18.0 Å². The van der Waals surface area contributed by atoms with Gasteiger partial charge in [0.2, 0.25) is 0 Å². The van der Waals surface area contributed by atoms with Gasteiger partial charge in [-0.1, -0.05) is 12.1 Å². The largest absolute Gasteiger partial charge is 0.480 e. The van der Waals surface area contributed by atoms with Crippen LogP contribution < -0.4 is 5.32 Å². The van der Waals surface area contributed by atoms with E-state index in [2.05, 4.69) is 5.32 Å². The molecule has 0 spiro atoms. The molecule has 8 heteroatoms. The van der Waals surface area contributed by atoms with E-state index >= 15 is 0 Å². The smallest absolute Gasteiger partial charge is 0.323 e. The monoisotopic (exact) mass is 298 g/mol. The fourth-order valence-electron chi connectivity index (χ4n) is 1.60. The first-order valence-electron chi connectivity index (χ1n) is 6.09. The number of aliphatic carboxylic acids is 2. The van der Waals surface area contributed by atoms with Crippen molar-refractivity contribution in [3.63, 3.8) is 0 Å². The number of amides is 2. The normalized spacial score (nSPS) is 9.95. The molecule has 7 nitrogen and oxygen atoms in total. The van der Waals surface area contributed by atoms with Crippen LogP contribution in [0.4, 0.5) is 9.18 Å². The maximum atomic E-state index is 12.7. The summed E-state index contributed by atoms with van der Waals surface area (Å²) < 4.78 is 12.7. The van der Waals surface area contributed by atoms with Gasteiger partial charge in [0.05, 0.1) is 0 Å². The van der Waals surface area contributed by atoms with Crippen LogP contribution in [0.25, 0.3) is 0 Å². The van der Waals surface area contributed by atoms with Gasteiger partial charge in [-0.05, 0) is 24.1 Å². The summed E-state index contributed by atoms with van der Waals surface area (Å²) in [7, 11) is 0. The minimum Gasteiger partial charge on any atom is -0.480 e. The van der Waals surface area contributed by atoms with Crippen LogP contribution in [0.2, 0.25) is 0 Å². The average molecular weight is 298 g/mol. The summed E-state index contributed by atoms with van der Waals surface area (Å²) in [5.74, 6) is -2.97. The zero-order valence-electron chi connectivity index (χ0n) is 11.1. The number of urea groups is 1. The van der Waals surface area contributed by atoms with E-state index in [0.717, 1.165) is 5.56 Å². The van der Waals surface area contributed by atoms with Crippen molar-refractivity contribution in [1.82, 2.24) is 10.2 Å². The summed E-state index contributed by atoms with van der Waals surface area (Å²) in [5.41, 5.74) is 0.791. The van der Waals surface area contributed by atoms with Crippen molar-refractivity contribution < 1.29 is 29.0 Å². The predicted molar refractivity (Wildman–Crippen MR) is 70.3 cm³/mol. The van der Waals surface area contributed by atoms with Gasteiger partial charge in [0.1, 0.15) is 18.9 Å². The Morgan fingerprint density at radius 2 is 1.57 bits per heavy atom. The lowest BCUT2D eigenvalue weighted by atomic mass is 10.1. The van der Waals surface area contributed by atoms with E-state index in [-0.39, 0.29) is 12.4 Å². The van der Waals surface area contributed by atoms with Crippen LogP contribution in [0.3, 0.4) is 0 Å². The third-order valence-corrected chi connectivity index (χ3v) is 2.54. The number of nitrogens with one attached hydrogen (secondary N) is 1.